The minimum absolute atomic E-state index is 0.270. The van der Waals surface area contributed by atoms with Crippen LogP contribution in [0.15, 0.2) is 85.2 Å². The van der Waals surface area contributed by atoms with Crippen molar-refractivity contribution in [3.63, 3.8) is 0 Å². The van der Waals surface area contributed by atoms with Gasteiger partial charge in [-0.05, 0) is 86.8 Å². The molecule has 1 aromatic carbocycles. The van der Waals surface area contributed by atoms with Gasteiger partial charge in [0.15, 0.2) is 0 Å². The molecule has 214 valence electrons. The predicted molar refractivity (Wildman–Crippen MR) is 163 cm³/mol. The lowest BCUT2D eigenvalue weighted by molar-refractivity contribution is 0.0708. The smallest absolute Gasteiger partial charge is 0.374 e. The van der Waals surface area contributed by atoms with Crippen LogP contribution in [-0.2, 0) is 13.3 Å². The molecule has 0 bridgehead atoms. The topological polar surface area (TPSA) is 107 Å². The molecule has 0 unspecified atom stereocenters. The maximum atomic E-state index is 12.5. The molecule has 2 N–H and O–H groups in total. The number of aromatic nitrogens is 3. The Morgan fingerprint density at radius 2 is 1.29 bits per heavy atom. The van der Waals surface area contributed by atoms with Crippen molar-refractivity contribution in [1.29, 1.82) is 0 Å². The molecule has 4 aromatic rings. The highest BCUT2D eigenvalue weighted by Gasteiger charge is 2.39. The summed E-state index contributed by atoms with van der Waals surface area (Å²) in [6.07, 6.45) is 4.20. The van der Waals surface area contributed by atoms with Gasteiger partial charge in [-0.3, -0.25) is 9.97 Å². The van der Waals surface area contributed by atoms with E-state index in [-0.39, 0.29) is 6.03 Å². The van der Waals surface area contributed by atoms with E-state index >= 15 is 0 Å². The summed E-state index contributed by atoms with van der Waals surface area (Å²) in [7, 11) is -2.72. The highest BCUT2D eigenvalue weighted by Crippen LogP contribution is 2.29. The number of carbonyl (C=O) groups is 1. The number of carbonyl (C=O) groups excluding carboxylic acids is 1. The molecular formula is C31H37N5O4Si. The lowest BCUT2D eigenvalue weighted by Gasteiger charge is -2.28. The number of benzene rings is 1. The van der Waals surface area contributed by atoms with Crippen molar-refractivity contribution in [1.82, 2.24) is 20.3 Å². The molecule has 0 aliphatic heterocycles. The van der Waals surface area contributed by atoms with Crippen LogP contribution in [0, 0.1) is 0 Å². The third kappa shape index (κ3) is 8.51. The van der Waals surface area contributed by atoms with E-state index in [9.17, 15) is 4.79 Å². The monoisotopic (exact) mass is 571 g/mol. The quantitative estimate of drug-likeness (QED) is 0.133. The van der Waals surface area contributed by atoms with E-state index in [4.69, 9.17) is 18.3 Å². The first-order valence-electron chi connectivity index (χ1n) is 14.0. The van der Waals surface area contributed by atoms with Crippen molar-refractivity contribution >= 4 is 20.5 Å². The van der Waals surface area contributed by atoms with Crippen LogP contribution in [0.4, 0.5) is 10.5 Å². The highest BCUT2D eigenvalue weighted by molar-refractivity contribution is 6.60. The molecule has 41 heavy (non-hydrogen) atoms. The Bertz CT molecular complexity index is 1300. The van der Waals surface area contributed by atoms with Crippen LogP contribution in [0.3, 0.4) is 0 Å². The minimum atomic E-state index is -2.72. The van der Waals surface area contributed by atoms with Gasteiger partial charge in [-0.15, -0.1) is 0 Å². The standard InChI is InChI=1S/C31H37N5O4Si/c1-4-38-41(39-5-2,40-6-3)21-11-20-34-31(37)35-26-16-14-24(15-17-26)25-22-29(27-12-7-9-18-32-27)36-30(23-25)28-13-8-10-19-33-28/h7-10,12-19,22-23H,4-6,11,20-21H2,1-3H3,(H2,34,35,37). The molecule has 0 aliphatic carbocycles. The maximum absolute atomic E-state index is 12.5. The second kappa shape index (κ2) is 15.2. The Kier molecular flexibility index (Phi) is 11.1. The summed E-state index contributed by atoms with van der Waals surface area (Å²) in [5.74, 6) is 0. The van der Waals surface area contributed by atoms with Crippen LogP contribution in [0.2, 0.25) is 6.04 Å². The van der Waals surface area contributed by atoms with Crippen LogP contribution in [-0.4, -0.2) is 56.2 Å². The Labute approximate surface area is 242 Å². The Morgan fingerprint density at radius 3 is 1.78 bits per heavy atom. The van der Waals surface area contributed by atoms with E-state index < -0.39 is 8.80 Å². The third-order valence-electron chi connectivity index (χ3n) is 6.19. The molecule has 3 heterocycles. The Morgan fingerprint density at radius 1 is 0.732 bits per heavy atom. The second-order valence-electron chi connectivity index (χ2n) is 9.10. The van der Waals surface area contributed by atoms with Gasteiger partial charge >= 0.3 is 14.8 Å². The number of amides is 2. The Balaban J connectivity index is 1.41. The van der Waals surface area contributed by atoms with Crippen molar-refractivity contribution in [3.05, 3.63) is 85.2 Å². The summed E-state index contributed by atoms with van der Waals surface area (Å²) in [6, 6.07) is 23.6. The molecule has 0 radical (unpaired) electrons. The van der Waals surface area contributed by atoms with Gasteiger partial charge in [0.2, 0.25) is 0 Å². The molecule has 4 rings (SSSR count). The second-order valence-corrected chi connectivity index (χ2v) is 11.8. The molecule has 0 aliphatic rings. The van der Waals surface area contributed by atoms with Gasteiger partial charge in [-0.25, -0.2) is 9.78 Å². The number of nitrogens with one attached hydrogen (secondary N) is 2. The van der Waals surface area contributed by atoms with Crippen molar-refractivity contribution in [2.45, 2.75) is 33.2 Å². The SMILES string of the molecule is CCO[Si](CCCNC(=O)Nc1ccc(-c2cc(-c3ccccn3)nc(-c3ccccn3)c2)cc1)(OCC)OCC. The number of hydrogen-bond donors (Lipinski definition) is 2. The number of nitrogens with zero attached hydrogens (tertiary/aromatic N) is 3. The van der Waals surface area contributed by atoms with Crippen LogP contribution in [0.25, 0.3) is 33.9 Å². The molecule has 3 aromatic heterocycles. The fraction of sp³-hybridized carbons (Fsp3) is 0.290. The summed E-state index contributed by atoms with van der Waals surface area (Å²) in [4.78, 5) is 26.3. The van der Waals surface area contributed by atoms with E-state index in [2.05, 4.69) is 20.6 Å². The fourth-order valence-corrected chi connectivity index (χ4v) is 7.03. The predicted octanol–water partition coefficient (Wildman–Crippen LogP) is 6.43. The van der Waals surface area contributed by atoms with E-state index in [0.717, 1.165) is 33.9 Å². The number of hydrogen-bond acceptors (Lipinski definition) is 7. The summed E-state index contributed by atoms with van der Waals surface area (Å²) >= 11 is 0. The van der Waals surface area contributed by atoms with Crippen LogP contribution < -0.4 is 10.6 Å². The molecule has 10 heteroatoms. The molecule has 0 spiro atoms. The van der Waals surface area contributed by atoms with E-state index in [1.807, 2.05) is 93.6 Å². The van der Waals surface area contributed by atoms with Gasteiger partial charge in [0, 0.05) is 50.5 Å². The zero-order chi connectivity index (χ0) is 28.9. The normalized spacial score (nSPS) is 11.3. The molecule has 9 nitrogen and oxygen atoms in total. The third-order valence-corrected chi connectivity index (χ3v) is 9.35. The molecule has 0 saturated heterocycles. The van der Waals surface area contributed by atoms with Crippen LogP contribution >= 0.6 is 0 Å². The van der Waals surface area contributed by atoms with Gasteiger partial charge in [-0.1, -0.05) is 24.3 Å². The lowest BCUT2D eigenvalue weighted by atomic mass is 10.0. The average molecular weight is 572 g/mol. The number of rotatable bonds is 14. The highest BCUT2D eigenvalue weighted by atomic mass is 28.4. The minimum Gasteiger partial charge on any atom is -0.374 e. The fourth-order valence-electron chi connectivity index (χ4n) is 4.42. The van der Waals surface area contributed by atoms with Crippen LogP contribution in [0.5, 0.6) is 0 Å². The zero-order valence-electron chi connectivity index (χ0n) is 23.8. The first kappa shape index (κ1) is 30.0. The van der Waals surface area contributed by atoms with Crippen molar-refractivity contribution < 1.29 is 18.1 Å². The molecule has 0 fully saturated rings. The maximum Gasteiger partial charge on any atom is 0.500 e. The zero-order valence-corrected chi connectivity index (χ0v) is 24.8. The van der Waals surface area contributed by atoms with Crippen molar-refractivity contribution in [2.75, 3.05) is 31.7 Å². The summed E-state index contributed by atoms with van der Waals surface area (Å²) < 4.78 is 17.6. The van der Waals surface area contributed by atoms with Gasteiger partial charge in [0.1, 0.15) is 0 Å². The van der Waals surface area contributed by atoms with E-state index in [0.29, 0.717) is 44.5 Å². The summed E-state index contributed by atoms with van der Waals surface area (Å²) in [5.41, 5.74) is 5.73. The largest absolute Gasteiger partial charge is 0.500 e. The van der Waals surface area contributed by atoms with E-state index in [1.54, 1.807) is 12.4 Å². The summed E-state index contributed by atoms with van der Waals surface area (Å²) in [5, 5.41) is 5.81. The Hall–Kier alpha value is -3.96. The molecular weight excluding hydrogens is 534 g/mol. The van der Waals surface area contributed by atoms with Gasteiger partial charge < -0.3 is 23.9 Å². The molecule has 2 amide bonds. The number of urea groups is 1. The first-order chi connectivity index (χ1) is 20.1. The van der Waals surface area contributed by atoms with Gasteiger partial charge in [-0.2, -0.15) is 0 Å². The molecule has 0 saturated carbocycles. The number of pyridine rings is 3. The van der Waals surface area contributed by atoms with Gasteiger partial charge in [0.05, 0.1) is 22.8 Å². The van der Waals surface area contributed by atoms with E-state index in [1.165, 1.54) is 0 Å². The summed E-state index contributed by atoms with van der Waals surface area (Å²) in [6.45, 7) is 7.88. The van der Waals surface area contributed by atoms with Gasteiger partial charge in [0.25, 0.3) is 0 Å². The van der Waals surface area contributed by atoms with Crippen LogP contribution in [0.1, 0.15) is 27.2 Å². The van der Waals surface area contributed by atoms with Crippen molar-refractivity contribution in [2.24, 2.45) is 0 Å². The van der Waals surface area contributed by atoms with Crippen molar-refractivity contribution in [3.8, 4) is 33.9 Å². The number of anilines is 1. The first-order valence-corrected chi connectivity index (χ1v) is 15.9. The lowest BCUT2D eigenvalue weighted by Crippen LogP contribution is -2.46. The molecule has 0 atom stereocenters. The average Bonchev–Trinajstić information content (AvgIpc) is 3.01.